The van der Waals surface area contributed by atoms with Crippen LogP contribution in [0.1, 0.15) is 97.7 Å². The van der Waals surface area contributed by atoms with Crippen molar-refractivity contribution in [3.63, 3.8) is 0 Å². The fourth-order valence-electron chi connectivity index (χ4n) is 8.23. The van der Waals surface area contributed by atoms with Crippen LogP contribution in [0.2, 0.25) is 5.04 Å². The fraction of sp³-hybridized carbons (Fsp3) is 0.478. The lowest BCUT2D eigenvalue weighted by atomic mass is 9.90. The van der Waals surface area contributed by atoms with Crippen LogP contribution in [0.3, 0.4) is 0 Å². The van der Waals surface area contributed by atoms with Gasteiger partial charge in [-0.1, -0.05) is 94.8 Å². The standard InChI is InChI=1S/C46H62N8O6Si/c1-10-17-34(24-27-59-61(46(5,6)7,35-18-13-11-14-19-35)36-20-15-12-16-21-36)49-41-40-37(50-42(51-41)52-43(55)58-9)30-48-54(40)31-38-39(57-8)28-33(29-47-38)32-22-25-53(26-23-32)44(56)60-45(2,3)4/h11-16,18-21,28-30,32,34H,10,17,22-27,31H2,1-9H3,(H2,49,50,51,52,55)/t34-/m0/s1. The van der Waals surface area contributed by atoms with E-state index in [1.54, 1.807) is 18.2 Å². The molecule has 1 aliphatic heterocycles. The summed E-state index contributed by atoms with van der Waals surface area (Å²) in [7, 11) is 0.182. The van der Waals surface area contributed by atoms with Crippen molar-refractivity contribution in [2.75, 3.05) is 44.5 Å². The molecular formula is C46H62N8O6Si. The summed E-state index contributed by atoms with van der Waals surface area (Å²) in [5, 5.41) is 13.4. The van der Waals surface area contributed by atoms with E-state index in [0.717, 1.165) is 31.2 Å². The highest BCUT2D eigenvalue weighted by Gasteiger charge is 2.50. The van der Waals surface area contributed by atoms with Crippen LogP contribution < -0.4 is 25.7 Å². The van der Waals surface area contributed by atoms with Crippen molar-refractivity contribution in [1.29, 1.82) is 0 Å². The second-order valence-corrected chi connectivity index (χ2v) is 21.9. The van der Waals surface area contributed by atoms with E-state index < -0.39 is 20.0 Å². The Morgan fingerprint density at radius 2 is 1.56 bits per heavy atom. The highest BCUT2D eigenvalue weighted by atomic mass is 28.4. The molecule has 2 amide bonds. The maximum atomic E-state index is 12.7. The molecule has 6 rings (SSSR count). The first-order valence-electron chi connectivity index (χ1n) is 21.3. The number of hydrogen-bond acceptors (Lipinski definition) is 11. The van der Waals surface area contributed by atoms with Crippen LogP contribution in [-0.4, -0.2) is 95.7 Å². The Bertz CT molecular complexity index is 2190. The van der Waals surface area contributed by atoms with Gasteiger partial charge in [0.15, 0.2) is 5.82 Å². The molecule has 2 N–H and O–H groups in total. The summed E-state index contributed by atoms with van der Waals surface area (Å²) in [5.41, 5.74) is 2.41. The molecule has 0 bridgehead atoms. The normalized spacial score (nSPS) is 14.4. The molecule has 0 spiro atoms. The number of benzene rings is 2. The molecule has 61 heavy (non-hydrogen) atoms. The molecule has 3 aromatic heterocycles. The Morgan fingerprint density at radius 1 is 0.902 bits per heavy atom. The minimum Gasteiger partial charge on any atom is -0.495 e. The second-order valence-electron chi connectivity index (χ2n) is 17.6. The predicted octanol–water partition coefficient (Wildman–Crippen LogP) is 8.12. The molecule has 326 valence electrons. The van der Waals surface area contributed by atoms with E-state index in [4.69, 9.17) is 33.7 Å². The number of carbonyl (C=O) groups is 2. The summed E-state index contributed by atoms with van der Waals surface area (Å²) in [6, 6.07) is 23.3. The lowest BCUT2D eigenvalue weighted by molar-refractivity contribution is 0.0204. The summed E-state index contributed by atoms with van der Waals surface area (Å²) in [5.74, 6) is 1.48. The molecule has 1 atom stereocenters. The number of hydrogen-bond donors (Lipinski definition) is 2. The quantitative estimate of drug-likeness (QED) is 0.0982. The van der Waals surface area contributed by atoms with Crippen molar-refractivity contribution >= 4 is 53.7 Å². The number of nitrogens with zero attached hydrogens (tertiary/aromatic N) is 6. The summed E-state index contributed by atoms with van der Waals surface area (Å²) in [6.07, 6.45) is 6.66. The van der Waals surface area contributed by atoms with Crippen LogP contribution in [-0.2, 0) is 20.4 Å². The molecule has 0 saturated carbocycles. The third-order valence-corrected chi connectivity index (χ3v) is 16.2. The zero-order chi connectivity index (χ0) is 43.8. The number of carbonyl (C=O) groups excluding carboxylic acids is 2. The first-order valence-corrected chi connectivity index (χ1v) is 23.2. The predicted molar refractivity (Wildman–Crippen MR) is 242 cm³/mol. The van der Waals surface area contributed by atoms with Gasteiger partial charge in [0.1, 0.15) is 28.1 Å². The van der Waals surface area contributed by atoms with Crippen molar-refractivity contribution in [2.45, 2.75) is 110 Å². The van der Waals surface area contributed by atoms with Gasteiger partial charge in [-0.25, -0.2) is 14.6 Å². The number of likely N-dealkylation sites (tertiary alicyclic amines) is 1. The van der Waals surface area contributed by atoms with Crippen LogP contribution in [0.15, 0.2) is 79.1 Å². The van der Waals surface area contributed by atoms with Crippen molar-refractivity contribution < 1.29 is 28.2 Å². The highest BCUT2D eigenvalue weighted by Crippen LogP contribution is 2.37. The monoisotopic (exact) mass is 850 g/mol. The first-order chi connectivity index (χ1) is 29.1. The van der Waals surface area contributed by atoms with Crippen molar-refractivity contribution in [3.8, 4) is 5.75 Å². The molecule has 15 heteroatoms. The average molecular weight is 851 g/mol. The summed E-state index contributed by atoms with van der Waals surface area (Å²) < 4.78 is 25.5. The zero-order valence-electron chi connectivity index (χ0n) is 37.2. The molecule has 0 aliphatic carbocycles. The zero-order valence-corrected chi connectivity index (χ0v) is 38.2. The number of rotatable bonds is 15. The SMILES string of the molecule is CCC[C@@H](CCO[Si](c1ccccc1)(c1ccccc1)C(C)(C)C)Nc1nc(NC(=O)OC)nc2cnn(Cc3ncc(C4CCN(C(=O)OC(C)(C)C)CC4)cc3OC)c12. The number of ether oxygens (including phenoxy) is 3. The lowest BCUT2D eigenvalue weighted by Gasteiger charge is -2.43. The van der Waals surface area contributed by atoms with Gasteiger partial charge in [-0.05, 0) is 79.4 Å². The number of nitrogens with one attached hydrogen (secondary N) is 2. The number of piperidine rings is 1. The van der Waals surface area contributed by atoms with E-state index in [1.807, 2.05) is 37.7 Å². The third kappa shape index (κ3) is 10.7. The largest absolute Gasteiger partial charge is 0.495 e. The lowest BCUT2D eigenvalue weighted by Crippen LogP contribution is -2.66. The van der Waals surface area contributed by atoms with E-state index in [-0.39, 0.29) is 35.6 Å². The number of anilines is 2. The van der Waals surface area contributed by atoms with Gasteiger partial charge in [0.05, 0.1) is 27.0 Å². The van der Waals surface area contributed by atoms with Gasteiger partial charge in [-0.2, -0.15) is 10.1 Å². The van der Waals surface area contributed by atoms with E-state index in [0.29, 0.717) is 54.4 Å². The number of methoxy groups -OCH3 is 2. The van der Waals surface area contributed by atoms with E-state index in [9.17, 15) is 9.59 Å². The first kappa shape index (κ1) is 45.0. The average Bonchev–Trinajstić information content (AvgIpc) is 3.64. The maximum Gasteiger partial charge on any atom is 0.413 e. The van der Waals surface area contributed by atoms with E-state index >= 15 is 0 Å². The van der Waals surface area contributed by atoms with Gasteiger partial charge >= 0.3 is 12.2 Å². The van der Waals surface area contributed by atoms with Crippen LogP contribution in [0.25, 0.3) is 11.0 Å². The molecular weight excluding hydrogens is 789 g/mol. The van der Waals surface area contributed by atoms with E-state index in [2.05, 4.69) is 104 Å². The van der Waals surface area contributed by atoms with Crippen molar-refractivity contribution in [3.05, 3.63) is 90.4 Å². The van der Waals surface area contributed by atoms with Gasteiger partial charge < -0.3 is 28.9 Å². The van der Waals surface area contributed by atoms with E-state index in [1.165, 1.54) is 17.5 Å². The topological polar surface area (TPSA) is 155 Å². The maximum absolute atomic E-state index is 12.7. The number of fused-ring (bicyclic) bond motifs is 1. The van der Waals surface area contributed by atoms with Gasteiger partial charge in [-0.3, -0.25) is 15.0 Å². The molecule has 1 saturated heterocycles. The smallest absolute Gasteiger partial charge is 0.413 e. The Morgan fingerprint density at radius 3 is 2.13 bits per heavy atom. The Kier molecular flexibility index (Phi) is 14.3. The molecule has 1 fully saturated rings. The third-order valence-electron chi connectivity index (χ3n) is 11.2. The van der Waals surface area contributed by atoms with Crippen molar-refractivity contribution in [1.82, 2.24) is 29.6 Å². The van der Waals surface area contributed by atoms with Crippen LogP contribution in [0, 0.1) is 0 Å². The fourth-order valence-corrected chi connectivity index (χ4v) is 12.8. The van der Waals surface area contributed by atoms with Gasteiger partial charge in [0.2, 0.25) is 5.95 Å². The van der Waals surface area contributed by atoms with Crippen molar-refractivity contribution in [2.24, 2.45) is 0 Å². The van der Waals surface area contributed by atoms with Gasteiger partial charge in [0.25, 0.3) is 8.32 Å². The molecule has 0 unspecified atom stereocenters. The van der Waals surface area contributed by atoms with Gasteiger partial charge in [-0.15, -0.1) is 0 Å². The number of pyridine rings is 1. The minimum atomic E-state index is -2.76. The van der Waals surface area contributed by atoms with Crippen LogP contribution in [0.4, 0.5) is 21.4 Å². The molecule has 5 aromatic rings. The van der Waals surface area contributed by atoms with Gasteiger partial charge in [0, 0.05) is 31.9 Å². The molecule has 1 aliphatic rings. The Labute approximate surface area is 360 Å². The minimum absolute atomic E-state index is 0.0377. The molecule has 2 aromatic carbocycles. The second kappa shape index (κ2) is 19.4. The Balaban J connectivity index is 1.26. The van der Waals surface area contributed by atoms with Crippen LogP contribution >= 0.6 is 0 Å². The molecule has 14 nitrogen and oxygen atoms in total. The summed E-state index contributed by atoms with van der Waals surface area (Å²) in [6.45, 7) is 16.7. The Hall–Kier alpha value is -5.54. The number of aromatic nitrogens is 5. The molecule has 0 radical (unpaired) electrons. The highest BCUT2D eigenvalue weighted by molar-refractivity contribution is 6.99. The number of amides is 2. The summed E-state index contributed by atoms with van der Waals surface area (Å²) >= 11 is 0. The summed E-state index contributed by atoms with van der Waals surface area (Å²) in [4.78, 5) is 41.1. The van der Waals surface area contributed by atoms with Crippen LogP contribution in [0.5, 0.6) is 5.75 Å². The molecule has 4 heterocycles.